The maximum atomic E-state index is 11.2. The lowest BCUT2D eigenvalue weighted by Crippen LogP contribution is -2.07. The summed E-state index contributed by atoms with van der Waals surface area (Å²) in [5.41, 5.74) is 0.125. The SMILES string of the molecule is COc1cc2ccc(=O)oc2cc1OCC(C)I. The van der Waals surface area contributed by atoms with E-state index in [2.05, 4.69) is 22.6 Å². The van der Waals surface area contributed by atoms with Gasteiger partial charge in [0.25, 0.3) is 0 Å². The number of fused-ring (bicyclic) bond motifs is 1. The highest BCUT2D eigenvalue weighted by Gasteiger charge is 2.09. The molecule has 1 atom stereocenters. The molecule has 0 saturated heterocycles. The summed E-state index contributed by atoms with van der Waals surface area (Å²) in [7, 11) is 1.58. The van der Waals surface area contributed by atoms with Crippen molar-refractivity contribution in [2.24, 2.45) is 0 Å². The fourth-order valence-electron chi connectivity index (χ4n) is 1.55. The van der Waals surface area contributed by atoms with E-state index in [1.807, 2.05) is 6.92 Å². The second kappa shape index (κ2) is 5.60. The minimum absolute atomic E-state index is 0.374. The fourth-order valence-corrected chi connectivity index (χ4v) is 1.73. The summed E-state index contributed by atoms with van der Waals surface area (Å²) in [5.74, 6) is 1.22. The summed E-state index contributed by atoms with van der Waals surface area (Å²) in [6.07, 6.45) is 0. The highest BCUT2D eigenvalue weighted by molar-refractivity contribution is 14.1. The predicted octanol–water partition coefficient (Wildman–Crippen LogP) is 3.00. The molecule has 0 aliphatic carbocycles. The minimum Gasteiger partial charge on any atom is -0.493 e. The number of rotatable bonds is 4. The number of ether oxygens (including phenoxy) is 2. The van der Waals surface area contributed by atoms with Crippen molar-refractivity contribution in [3.63, 3.8) is 0 Å². The van der Waals surface area contributed by atoms with E-state index < -0.39 is 0 Å². The van der Waals surface area contributed by atoms with E-state index >= 15 is 0 Å². The predicted molar refractivity (Wildman–Crippen MR) is 78.0 cm³/mol. The van der Waals surface area contributed by atoms with Crippen LogP contribution in [0.25, 0.3) is 11.0 Å². The summed E-state index contributed by atoms with van der Waals surface area (Å²) < 4.78 is 16.4. The van der Waals surface area contributed by atoms with Gasteiger partial charge in [0.15, 0.2) is 11.5 Å². The van der Waals surface area contributed by atoms with Gasteiger partial charge in [0, 0.05) is 21.4 Å². The topological polar surface area (TPSA) is 48.7 Å². The van der Waals surface area contributed by atoms with Crippen LogP contribution >= 0.6 is 22.6 Å². The lowest BCUT2D eigenvalue weighted by Gasteiger charge is -2.12. The van der Waals surface area contributed by atoms with E-state index in [1.165, 1.54) is 6.07 Å². The molecule has 0 amide bonds. The van der Waals surface area contributed by atoms with Crippen LogP contribution in [0.5, 0.6) is 11.5 Å². The first-order valence-corrected chi connectivity index (χ1v) is 6.73. The highest BCUT2D eigenvalue weighted by atomic mass is 127. The summed E-state index contributed by atoms with van der Waals surface area (Å²) in [5, 5.41) is 0.807. The maximum absolute atomic E-state index is 11.2. The molecule has 2 rings (SSSR count). The molecular weight excluding hydrogens is 347 g/mol. The number of alkyl halides is 1. The van der Waals surface area contributed by atoms with Crippen molar-refractivity contribution in [2.75, 3.05) is 13.7 Å². The highest BCUT2D eigenvalue weighted by Crippen LogP contribution is 2.32. The molecule has 1 aromatic heterocycles. The Labute approximate surface area is 118 Å². The molecule has 0 N–H and O–H groups in total. The van der Waals surface area contributed by atoms with E-state index in [-0.39, 0.29) is 5.63 Å². The van der Waals surface area contributed by atoms with Crippen LogP contribution in [0.1, 0.15) is 6.92 Å². The summed E-state index contributed by atoms with van der Waals surface area (Å²) >= 11 is 2.28. The Balaban J connectivity index is 2.46. The zero-order valence-corrected chi connectivity index (χ0v) is 12.3. The number of hydrogen-bond donors (Lipinski definition) is 0. The first-order valence-electron chi connectivity index (χ1n) is 5.49. The summed E-state index contributed by atoms with van der Waals surface area (Å²) in [4.78, 5) is 11.2. The van der Waals surface area contributed by atoms with Gasteiger partial charge >= 0.3 is 5.63 Å². The van der Waals surface area contributed by atoms with Gasteiger partial charge in [-0.15, -0.1) is 0 Å². The van der Waals surface area contributed by atoms with Gasteiger partial charge in [-0.2, -0.15) is 0 Å². The average Bonchev–Trinajstić information content (AvgIpc) is 2.35. The van der Waals surface area contributed by atoms with Crippen LogP contribution in [0, 0.1) is 0 Å². The summed E-state index contributed by atoms with van der Waals surface area (Å²) in [6, 6.07) is 6.57. The molecule has 0 aliphatic heterocycles. The fraction of sp³-hybridized carbons (Fsp3) is 0.308. The van der Waals surface area contributed by atoms with Crippen LogP contribution in [-0.2, 0) is 0 Å². The smallest absolute Gasteiger partial charge is 0.336 e. The van der Waals surface area contributed by atoms with Crippen LogP contribution in [0.15, 0.2) is 33.5 Å². The van der Waals surface area contributed by atoms with Crippen molar-refractivity contribution in [3.8, 4) is 11.5 Å². The molecule has 0 spiro atoms. The minimum atomic E-state index is -0.374. The monoisotopic (exact) mass is 360 g/mol. The Morgan fingerprint density at radius 2 is 2.11 bits per heavy atom. The molecule has 2 aromatic rings. The zero-order chi connectivity index (χ0) is 13.1. The van der Waals surface area contributed by atoms with Gasteiger partial charge in [-0.25, -0.2) is 4.79 Å². The number of methoxy groups -OCH3 is 1. The van der Waals surface area contributed by atoms with Crippen molar-refractivity contribution >= 4 is 33.6 Å². The van der Waals surface area contributed by atoms with E-state index in [0.717, 1.165) is 5.39 Å². The Morgan fingerprint density at radius 1 is 1.33 bits per heavy atom. The van der Waals surface area contributed by atoms with E-state index in [4.69, 9.17) is 13.9 Å². The molecule has 0 fully saturated rings. The third-order valence-corrected chi connectivity index (χ3v) is 2.73. The molecule has 96 valence electrons. The third-order valence-electron chi connectivity index (χ3n) is 2.37. The lowest BCUT2D eigenvalue weighted by molar-refractivity contribution is 0.301. The summed E-state index contributed by atoms with van der Waals surface area (Å²) in [6.45, 7) is 2.62. The molecular formula is C13H13IO4. The van der Waals surface area contributed by atoms with Crippen LogP contribution in [-0.4, -0.2) is 17.6 Å². The Bertz CT molecular complexity index is 603. The third kappa shape index (κ3) is 2.95. The molecule has 5 heteroatoms. The van der Waals surface area contributed by atoms with Gasteiger partial charge in [0.1, 0.15) is 5.58 Å². The molecule has 0 bridgehead atoms. The van der Waals surface area contributed by atoms with Crippen LogP contribution < -0.4 is 15.1 Å². The number of halogens is 1. The van der Waals surface area contributed by atoms with Gasteiger partial charge in [-0.05, 0) is 12.1 Å². The second-order valence-corrected chi connectivity index (χ2v) is 6.01. The van der Waals surface area contributed by atoms with Crippen LogP contribution in [0.2, 0.25) is 0 Å². The quantitative estimate of drug-likeness (QED) is 0.478. The largest absolute Gasteiger partial charge is 0.493 e. The lowest BCUT2D eigenvalue weighted by atomic mass is 10.2. The van der Waals surface area contributed by atoms with Gasteiger partial charge in [-0.1, -0.05) is 29.5 Å². The number of benzene rings is 1. The molecule has 1 aromatic carbocycles. The van der Waals surface area contributed by atoms with Gasteiger partial charge in [0.2, 0.25) is 0 Å². The van der Waals surface area contributed by atoms with Crippen molar-refractivity contribution in [2.45, 2.75) is 10.8 Å². The van der Waals surface area contributed by atoms with Crippen LogP contribution in [0.4, 0.5) is 0 Å². The van der Waals surface area contributed by atoms with Crippen molar-refractivity contribution in [3.05, 3.63) is 34.7 Å². The number of hydrogen-bond acceptors (Lipinski definition) is 4. The van der Waals surface area contributed by atoms with Gasteiger partial charge in [-0.3, -0.25) is 0 Å². The average molecular weight is 360 g/mol. The Kier molecular flexibility index (Phi) is 4.11. The first kappa shape index (κ1) is 13.2. The molecule has 0 saturated carbocycles. The second-order valence-electron chi connectivity index (χ2n) is 3.89. The molecule has 18 heavy (non-hydrogen) atoms. The zero-order valence-electron chi connectivity index (χ0n) is 10.1. The molecule has 0 aliphatic rings. The molecule has 4 nitrogen and oxygen atoms in total. The van der Waals surface area contributed by atoms with E-state index in [1.54, 1.807) is 25.3 Å². The van der Waals surface area contributed by atoms with Crippen LogP contribution in [0.3, 0.4) is 0 Å². The van der Waals surface area contributed by atoms with E-state index in [9.17, 15) is 4.79 Å². The maximum Gasteiger partial charge on any atom is 0.336 e. The molecule has 1 heterocycles. The normalized spacial score (nSPS) is 12.4. The van der Waals surface area contributed by atoms with Crippen molar-refractivity contribution in [1.29, 1.82) is 0 Å². The van der Waals surface area contributed by atoms with Gasteiger partial charge < -0.3 is 13.9 Å². The van der Waals surface area contributed by atoms with E-state index in [0.29, 0.717) is 27.6 Å². The van der Waals surface area contributed by atoms with Crippen molar-refractivity contribution in [1.82, 2.24) is 0 Å². The Morgan fingerprint density at radius 3 is 2.78 bits per heavy atom. The molecule has 1 unspecified atom stereocenters. The standard InChI is InChI=1S/C13H13IO4/c1-8(14)7-17-12-6-10-9(5-11(12)16-2)3-4-13(15)18-10/h3-6,8H,7H2,1-2H3. The first-order chi connectivity index (χ1) is 8.60. The molecule has 0 radical (unpaired) electrons. The Hall–Kier alpha value is -1.24. The van der Waals surface area contributed by atoms with Crippen molar-refractivity contribution < 1.29 is 13.9 Å². The van der Waals surface area contributed by atoms with Gasteiger partial charge in [0.05, 0.1) is 13.7 Å².